The summed E-state index contributed by atoms with van der Waals surface area (Å²) in [7, 11) is 0. The van der Waals surface area contributed by atoms with Crippen LogP contribution in [0.3, 0.4) is 0 Å². The first-order chi connectivity index (χ1) is 32.9. The Hall–Kier alpha value is -6.22. The number of benzene rings is 4. The van der Waals surface area contributed by atoms with Gasteiger partial charge in [0.2, 0.25) is 0 Å². The highest BCUT2D eigenvalue weighted by atomic mass is 79.9. The zero-order valence-electron chi connectivity index (χ0n) is 37.4. The average Bonchev–Trinajstić information content (AvgIpc) is 3.32. The van der Waals surface area contributed by atoms with E-state index < -0.39 is 46.1 Å². The van der Waals surface area contributed by atoms with E-state index in [1.807, 2.05) is 9.80 Å². The summed E-state index contributed by atoms with van der Waals surface area (Å²) in [5, 5.41) is 0.358. The Morgan fingerprint density at radius 3 is 1.26 bits per heavy atom. The lowest BCUT2D eigenvalue weighted by Crippen LogP contribution is -2.37. The first-order valence-corrected chi connectivity index (χ1v) is 24.0. The number of fused-ring (bicyclic) bond motifs is 2. The molecule has 4 aliphatic rings. The van der Waals surface area contributed by atoms with E-state index in [9.17, 15) is 28.8 Å². The number of hydrogen-bond donors (Lipinski definition) is 2. The van der Waals surface area contributed by atoms with Crippen LogP contribution in [-0.2, 0) is 9.47 Å². The SMILES string of the molecule is CCOc1cc(N2CCOCC2)c(OCC)c2c(=O)[nH]c(C3C(=O)c4cc(Br)c5c6c(cc(Br)c(c46)C3=O)C(=O)C(c3nc4c(OCC)cc(N6CCOCC6)c(OCC)c4c(=O)[nH]3)C5=O)nc12. The highest BCUT2D eigenvalue weighted by Crippen LogP contribution is 2.49. The monoisotopic (exact) mass is 1050 g/mol. The second kappa shape index (κ2) is 18.0. The molecule has 2 saturated heterocycles. The minimum Gasteiger partial charge on any atom is -0.492 e. The first-order valence-electron chi connectivity index (χ1n) is 22.5. The average molecular weight is 1060 g/mol. The Labute approximate surface area is 403 Å². The Morgan fingerprint density at radius 2 is 0.912 bits per heavy atom. The zero-order chi connectivity index (χ0) is 47.7. The van der Waals surface area contributed by atoms with Crippen molar-refractivity contribution in [3.63, 3.8) is 0 Å². The minimum atomic E-state index is -1.63. The van der Waals surface area contributed by atoms with Crippen LogP contribution in [0.1, 0.15) is 92.6 Å². The Kier molecular flexibility index (Phi) is 12.1. The second-order valence-corrected chi connectivity index (χ2v) is 18.1. The van der Waals surface area contributed by atoms with Gasteiger partial charge in [0.25, 0.3) is 11.1 Å². The lowest BCUT2D eigenvalue weighted by atomic mass is 9.72. The highest BCUT2D eigenvalue weighted by Gasteiger charge is 2.47. The predicted octanol–water partition coefficient (Wildman–Crippen LogP) is 6.43. The smallest absolute Gasteiger partial charge is 0.262 e. The van der Waals surface area contributed by atoms with Crippen molar-refractivity contribution in [2.24, 2.45) is 0 Å². The standard InChI is InChI=1S/C48H44Br2N6O12/c1-5-65-27-19-25(55-9-13-63-14-10-55)43(67-7-3)33-37(27)51-45(53-47(33)61)35-39(57)21-17-24(50)32-30-22(18-23(49)31(29(21)30)41(35)59)40(58)36(42(32)60)46-52-38-28(66-6-2)20-26(56-11-15-64-16-12-56)44(68-8-4)34(38)48(62)54-46/h17-20,35-36H,5-16H2,1-4H3,(H,51,53,61)(H,52,54,62). The number of hydrogen-bond acceptors (Lipinski definition) is 16. The summed E-state index contributed by atoms with van der Waals surface area (Å²) in [6, 6.07) is 6.36. The molecule has 68 heavy (non-hydrogen) atoms. The number of morpholine rings is 2. The summed E-state index contributed by atoms with van der Waals surface area (Å²) in [6.07, 6.45) is 0. The van der Waals surface area contributed by atoms with E-state index in [2.05, 4.69) is 41.8 Å². The van der Waals surface area contributed by atoms with E-state index in [-0.39, 0.29) is 125 Å². The molecule has 6 aromatic rings. The summed E-state index contributed by atoms with van der Waals surface area (Å²) in [5.74, 6) is -5.53. The normalized spacial score (nSPS) is 18.3. The molecule has 2 N–H and O–H groups in total. The minimum absolute atomic E-state index is 0.0136. The summed E-state index contributed by atoms with van der Waals surface area (Å²) in [5.41, 5.74) is 0.206. The number of nitrogens with one attached hydrogen (secondary N) is 2. The maximum atomic E-state index is 14.9. The van der Waals surface area contributed by atoms with Crippen molar-refractivity contribution < 1.29 is 47.6 Å². The van der Waals surface area contributed by atoms with Gasteiger partial charge in [0.15, 0.2) is 34.6 Å². The summed E-state index contributed by atoms with van der Waals surface area (Å²) < 4.78 is 35.7. The van der Waals surface area contributed by atoms with Gasteiger partial charge in [0, 0.05) is 80.3 Å². The molecule has 2 atom stereocenters. The number of ketones is 4. The Balaban J connectivity index is 1.10. The number of ether oxygens (including phenoxy) is 6. The second-order valence-electron chi connectivity index (χ2n) is 16.4. The number of anilines is 2. The molecule has 0 amide bonds. The molecule has 2 aliphatic carbocycles. The van der Waals surface area contributed by atoms with Crippen molar-refractivity contribution >= 4 is 98.9 Å². The largest absolute Gasteiger partial charge is 0.492 e. The van der Waals surface area contributed by atoms with Gasteiger partial charge < -0.3 is 48.2 Å². The van der Waals surface area contributed by atoms with Gasteiger partial charge in [-0.2, -0.15) is 0 Å². The molecule has 4 aromatic carbocycles. The summed E-state index contributed by atoms with van der Waals surface area (Å²) in [6.45, 7) is 12.2. The number of H-pyrrole nitrogens is 2. The first kappa shape index (κ1) is 45.6. The molecule has 0 radical (unpaired) electrons. The molecule has 0 bridgehead atoms. The number of rotatable bonds is 12. The van der Waals surface area contributed by atoms with E-state index in [1.165, 1.54) is 12.1 Å². The van der Waals surface area contributed by atoms with Crippen molar-refractivity contribution in [3.8, 4) is 23.0 Å². The van der Waals surface area contributed by atoms with Crippen LogP contribution in [0.4, 0.5) is 11.4 Å². The van der Waals surface area contributed by atoms with E-state index in [0.717, 1.165) is 0 Å². The fourth-order valence-corrected chi connectivity index (χ4v) is 11.0. The van der Waals surface area contributed by atoms with Crippen molar-refractivity contribution in [2.75, 3.05) is 88.8 Å². The number of aromatic nitrogens is 4. The molecular formula is C48H44Br2N6O12. The van der Waals surface area contributed by atoms with E-state index >= 15 is 0 Å². The zero-order valence-corrected chi connectivity index (χ0v) is 40.6. The Morgan fingerprint density at radius 1 is 0.544 bits per heavy atom. The van der Waals surface area contributed by atoms with Crippen LogP contribution in [0.2, 0.25) is 0 Å². The third kappa shape index (κ3) is 7.17. The summed E-state index contributed by atoms with van der Waals surface area (Å²) >= 11 is 7.07. The molecule has 20 heteroatoms. The van der Waals surface area contributed by atoms with Crippen LogP contribution >= 0.6 is 31.9 Å². The topological polar surface area (TPSA) is 222 Å². The Bertz CT molecular complexity index is 3070. The molecular weight excluding hydrogens is 1010 g/mol. The van der Waals surface area contributed by atoms with Crippen molar-refractivity contribution in [3.05, 3.63) is 87.8 Å². The molecule has 0 spiro atoms. The van der Waals surface area contributed by atoms with Gasteiger partial charge in [-0.1, -0.05) is 0 Å². The maximum absolute atomic E-state index is 14.9. The third-order valence-electron chi connectivity index (χ3n) is 12.6. The maximum Gasteiger partial charge on any atom is 0.262 e. The van der Waals surface area contributed by atoms with Crippen molar-refractivity contribution in [2.45, 2.75) is 39.5 Å². The lowest BCUT2D eigenvalue weighted by molar-refractivity contribution is 0.0829. The van der Waals surface area contributed by atoms with Crippen LogP contribution < -0.4 is 39.9 Å². The number of Topliss-reactive ketones (excluding diaryl/α,β-unsaturated/α-hetero) is 4. The number of carbonyl (C=O) groups is 4. The van der Waals surface area contributed by atoms with Crippen molar-refractivity contribution in [1.82, 2.24) is 19.9 Å². The molecule has 10 rings (SSSR count). The predicted molar refractivity (Wildman–Crippen MR) is 258 cm³/mol. The molecule has 352 valence electrons. The van der Waals surface area contributed by atoms with Gasteiger partial charge in [0.05, 0.1) is 64.2 Å². The molecule has 0 saturated carbocycles. The number of carbonyl (C=O) groups excluding carboxylic acids is 4. The molecule has 2 aromatic heterocycles. The molecule has 4 heterocycles. The fourth-order valence-electron chi connectivity index (χ4n) is 9.77. The van der Waals surface area contributed by atoms with Crippen LogP contribution in [0.15, 0.2) is 42.8 Å². The summed E-state index contributed by atoms with van der Waals surface area (Å²) in [4.78, 5) is 107. The highest BCUT2D eigenvalue weighted by molar-refractivity contribution is 9.10. The third-order valence-corrected chi connectivity index (χ3v) is 13.9. The van der Waals surface area contributed by atoms with Gasteiger partial charge in [-0.3, -0.25) is 28.8 Å². The van der Waals surface area contributed by atoms with E-state index in [4.69, 9.17) is 38.4 Å². The molecule has 2 unspecified atom stereocenters. The van der Waals surface area contributed by atoms with Crippen LogP contribution in [0, 0.1) is 0 Å². The molecule has 18 nitrogen and oxygen atoms in total. The number of aromatic amines is 2. The molecule has 2 aliphatic heterocycles. The van der Waals surface area contributed by atoms with Gasteiger partial charge in [0.1, 0.15) is 56.8 Å². The van der Waals surface area contributed by atoms with Gasteiger partial charge in [-0.05, 0) is 71.7 Å². The number of nitrogens with zero attached hydrogens (tertiary/aromatic N) is 4. The molecule has 2 fully saturated rings. The van der Waals surface area contributed by atoms with E-state index in [1.54, 1.807) is 39.8 Å². The van der Waals surface area contributed by atoms with Gasteiger partial charge in [-0.15, -0.1) is 0 Å². The van der Waals surface area contributed by atoms with Crippen LogP contribution in [-0.4, -0.2) is 122 Å². The number of halogens is 2. The fraction of sp³-hybridized carbons (Fsp3) is 0.375. The van der Waals surface area contributed by atoms with Gasteiger partial charge >= 0.3 is 0 Å². The lowest BCUT2D eigenvalue weighted by Gasteiger charge is -2.31. The van der Waals surface area contributed by atoms with E-state index in [0.29, 0.717) is 64.0 Å². The quantitative estimate of drug-likeness (QED) is 0.126. The van der Waals surface area contributed by atoms with Crippen molar-refractivity contribution in [1.29, 1.82) is 0 Å². The van der Waals surface area contributed by atoms with Gasteiger partial charge in [-0.25, -0.2) is 9.97 Å². The van der Waals surface area contributed by atoms with Crippen LogP contribution in [0.5, 0.6) is 23.0 Å². The van der Waals surface area contributed by atoms with Crippen LogP contribution in [0.25, 0.3) is 32.6 Å².